The van der Waals surface area contributed by atoms with Crippen molar-refractivity contribution >= 4 is 17.2 Å². The number of aromatic nitrogens is 1. The van der Waals surface area contributed by atoms with Crippen LogP contribution in [0.15, 0.2) is 29.6 Å². The van der Waals surface area contributed by atoms with Gasteiger partial charge >= 0.3 is 6.18 Å². The number of nitrogens with zero attached hydrogens (tertiary/aromatic N) is 3. The molecule has 1 aromatic heterocycles. The van der Waals surface area contributed by atoms with E-state index in [4.69, 9.17) is 5.26 Å². The molecule has 0 aliphatic heterocycles. The minimum atomic E-state index is -5.04. The highest BCUT2D eigenvalue weighted by molar-refractivity contribution is 7.09. The number of halogens is 3. The number of thiazole rings is 1. The average Bonchev–Trinajstić information content (AvgIpc) is 3.01. The van der Waals surface area contributed by atoms with E-state index in [0.29, 0.717) is 28.2 Å². The smallest absolute Gasteiger partial charge is 0.374 e. The largest absolute Gasteiger partial charge is 0.424 e. The third kappa shape index (κ3) is 4.20. The van der Waals surface area contributed by atoms with E-state index < -0.39 is 29.1 Å². The van der Waals surface area contributed by atoms with Gasteiger partial charge in [-0.15, -0.1) is 11.3 Å². The van der Waals surface area contributed by atoms with Gasteiger partial charge in [0.1, 0.15) is 5.01 Å². The third-order valence-electron chi connectivity index (χ3n) is 3.78. The first-order valence-electron chi connectivity index (χ1n) is 7.51. The van der Waals surface area contributed by atoms with Gasteiger partial charge in [-0.25, -0.2) is 4.98 Å². The summed E-state index contributed by atoms with van der Waals surface area (Å²) >= 11 is 0.663. The van der Waals surface area contributed by atoms with E-state index in [9.17, 15) is 23.1 Å². The fourth-order valence-corrected chi connectivity index (χ4v) is 3.16. The number of amides is 1. The molecule has 138 valence electrons. The number of aliphatic hydroxyl groups is 1. The molecule has 0 saturated heterocycles. The minimum absolute atomic E-state index is 0.0510. The lowest BCUT2D eigenvalue weighted by Crippen LogP contribution is -2.46. The van der Waals surface area contributed by atoms with E-state index in [2.05, 4.69) is 4.98 Å². The van der Waals surface area contributed by atoms with Crippen LogP contribution >= 0.6 is 11.3 Å². The molecule has 5 nitrogen and oxygen atoms in total. The van der Waals surface area contributed by atoms with Crippen LogP contribution in [0.5, 0.6) is 0 Å². The summed E-state index contributed by atoms with van der Waals surface area (Å²) in [4.78, 5) is 17.1. The quantitative estimate of drug-likeness (QED) is 0.861. The number of nitriles is 1. The Labute approximate surface area is 152 Å². The summed E-state index contributed by atoms with van der Waals surface area (Å²) in [5, 5.41) is 19.8. The zero-order valence-corrected chi connectivity index (χ0v) is 14.9. The number of hydrogen-bond donors (Lipinski definition) is 1. The number of benzene rings is 1. The van der Waals surface area contributed by atoms with Crippen LogP contribution in [0.4, 0.5) is 13.2 Å². The van der Waals surface area contributed by atoms with E-state index in [1.54, 1.807) is 24.3 Å². The minimum Gasteiger partial charge on any atom is -0.374 e. The normalized spacial score (nSPS) is 13.7. The maximum absolute atomic E-state index is 13.4. The summed E-state index contributed by atoms with van der Waals surface area (Å²) in [6.45, 7) is 1.56. The molecule has 0 aliphatic carbocycles. The van der Waals surface area contributed by atoms with Gasteiger partial charge in [-0.1, -0.05) is 12.1 Å². The Morgan fingerprint density at radius 3 is 2.42 bits per heavy atom. The van der Waals surface area contributed by atoms with Gasteiger partial charge in [0.25, 0.3) is 0 Å². The number of carbonyl (C=O) groups is 1. The molecule has 1 unspecified atom stereocenters. The lowest BCUT2D eigenvalue weighted by atomic mass is 9.98. The molecular weight excluding hydrogens is 367 g/mol. The molecular formula is C17H16F3N3O2S. The van der Waals surface area contributed by atoms with E-state index in [0.717, 1.165) is 4.90 Å². The average molecular weight is 383 g/mol. The van der Waals surface area contributed by atoms with Crippen molar-refractivity contribution in [2.75, 3.05) is 7.05 Å². The first-order chi connectivity index (χ1) is 12.1. The van der Waals surface area contributed by atoms with Crippen molar-refractivity contribution in [2.45, 2.75) is 31.7 Å². The lowest BCUT2D eigenvalue weighted by Gasteiger charge is -2.29. The molecule has 1 N–H and O–H groups in total. The number of aryl methyl sites for hydroxylation is 1. The molecule has 0 fully saturated rings. The Balaban J connectivity index is 2.17. The maximum atomic E-state index is 13.4. The number of rotatable bonds is 5. The third-order valence-corrected chi connectivity index (χ3v) is 4.89. The van der Waals surface area contributed by atoms with Crippen LogP contribution in [0.1, 0.15) is 28.2 Å². The van der Waals surface area contributed by atoms with Crippen molar-refractivity contribution in [3.8, 4) is 6.07 Å². The predicted molar refractivity (Wildman–Crippen MR) is 89.1 cm³/mol. The van der Waals surface area contributed by atoms with Crippen LogP contribution in [-0.2, 0) is 16.9 Å². The topological polar surface area (TPSA) is 77.2 Å². The molecule has 0 spiro atoms. The van der Waals surface area contributed by atoms with Gasteiger partial charge in [0.15, 0.2) is 0 Å². The van der Waals surface area contributed by atoms with Gasteiger partial charge in [0.2, 0.25) is 11.5 Å². The molecule has 0 bridgehead atoms. The summed E-state index contributed by atoms with van der Waals surface area (Å²) in [6.07, 6.45) is -6.20. The lowest BCUT2D eigenvalue weighted by molar-refractivity contribution is -0.268. The summed E-state index contributed by atoms with van der Waals surface area (Å²) < 4.78 is 40.3. The summed E-state index contributed by atoms with van der Waals surface area (Å²) in [5.41, 5.74) is -1.90. The van der Waals surface area contributed by atoms with E-state index >= 15 is 0 Å². The molecule has 26 heavy (non-hydrogen) atoms. The van der Waals surface area contributed by atoms with Crippen molar-refractivity contribution in [2.24, 2.45) is 0 Å². The van der Waals surface area contributed by atoms with Gasteiger partial charge in [-0.05, 0) is 24.6 Å². The van der Waals surface area contributed by atoms with Gasteiger partial charge in [0, 0.05) is 24.7 Å². The van der Waals surface area contributed by atoms with Crippen LogP contribution in [0.25, 0.3) is 0 Å². The monoisotopic (exact) mass is 383 g/mol. The number of alkyl halides is 3. The summed E-state index contributed by atoms with van der Waals surface area (Å²) in [7, 11) is 1.35. The maximum Gasteiger partial charge on any atom is 0.424 e. The van der Waals surface area contributed by atoms with E-state index in [1.807, 2.05) is 6.07 Å². The van der Waals surface area contributed by atoms with E-state index in [-0.39, 0.29) is 6.54 Å². The molecule has 2 rings (SSSR count). The van der Waals surface area contributed by atoms with Crippen molar-refractivity contribution in [1.82, 2.24) is 9.88 Å². The van der Waals surface area contributed by atoms with Crippen LogP contribution in [-0.4, -0.2) is 34.1 Å². The summed E-state index contributed by atoms with van der Waals surface area (Å²) in [6, 6.07) is 8.29. The molecule has 0 aliphatic rings. The highest BCUT2D eigenvalue weighted by atomic mass is 32.1. The van der Waals surface area contributed by atoms with Gasteiger partial charge in [0.05, 0.1) is 18.1 Å². The highest BCUT2D eigenvalue weighted by Gasteiger charge is 2.58. The molecule has 0 saturated carbocycles. The SMILES string of the molecule is Cc1csc(C(O)(CC(=O)N(C)Cc2ccc(C#N)cc2)C(F)(F)F)n1. The first-order valence-corrected chi connectivity index (χ1v) is 8.39. The Bertz CT molecular complexity index is 827. The molecule has 2 aromatic rings. The van der Waals surface area contributed by atoms with Gasteiger partial charge in [-0.3, -0.25) is 4.79 Å². The molecule has 1 atom stereocenters. The molecule has 1 heterocycles. The van der Waals surface area contributed by atoms with Crippen LogP contribution < -0.4 is 0 Å². The predicted octanol–water partition coefficient (Wildman–Crippen LogP) is 3.12. The first kappa shape index (κ1) is 19.9. The Morgan fingerprint density at radius 1 is 1.35 bits per heavy atom. The fraction of sp³-hybridized carbons (Fsp3) is 0.353. The zero-order chi connectivity index (χ0) is 19.5. The Hall–Kier alpha value is -2.44. The van der Waals surface area contributed by atoms with Crippen molar-refractivity contribution in [3.05, 3.63) is 51.5 Å². The summed E-state index contributed by atoms with van der Waals surface area (Å²) in [5.74, 6) is -0.873. The second-order valence-corrected chi connectivity index (χ2v) is 6.75. The van der Waals surface area contributed by atoms with E-state index in [1.165, 1.54) is 19.4 Å². The van der Waals surface area contributed by atoms with Crippen LogP contribution in [0.2, 0.25) is 0 Å². The van der Waals surface area contributed by atoms with Gasteiger partial charge in [-0.2, -0.15) is 18.4 Å². The molecule has 0 radical (unpaired) electrons. The van der Waals surface area contributed by atoms with Crippen molar-refractivity contribution in [1.29, 1.82) is 5.26 Å². The second-order valence-electron chi connectivity index (χ2n) is 5.89. The standard InChI is InChI=1S/C17H16F3N3O2S/c1-11-10-26-15(22-11)16(25,17(18,19)20)7-14(24)23(2)9-13-5-3-12(8-21)4-6-13/h3-6,10,25H,7,9H2,1-2H3. The second kappa shape index (κ2) is 7.43. The number of hydrogen-bond acceptors (Lipinski definition) is 5. The fourth-order valence-electron chi connectivity index (χ4n) is 2.24. The van der Waals surface area contributed by atoms with Crippen LogP contribution in [0.3, 0.4) is 0 Å². The Kier molecular flexibility index (Phi) is 5.68. The van der Waals surface area contributed by atoms with Crippen LogP contribution in [0, 0.1) is 18.3 Å². The number of carbonyl (C=O) groups excluding carboxylic acids is 1. The molecule has 9 heteroatoms. The zero-order valence-electron chi connectivity index (χ0n) is 14.0. The highest BCUT2D eigenvalue weighted by Crippen LogP contribution is 2.43. The van der Waals surface area contributed by atoms with Crippen molar-refractivity contribution < 1.29 is 23.1 Å². The molecule has 1 aromatic carbocycles. The van der Waals surface area contributed by atoms with Gasteiger partial charge < -0.3 is 10.0 Å². The van der Waals surface area contributed by atoms with Crippen molar-refractivity contribution in [3.63, 3.8) is 0 Å². The molecule has 1 amide bonds. The Morgan fingerprint density at radius 2 is 1.96 bits per heavy atom.